The number of ether oxygens (including phenoxy) is 3. The second-order valence-electron chi connectivity index (χ2n) is 15.3. The summed E-state index contributed by atoms with van der Waals surface area (Å²) >= 11 is 1.49. The average molecular weight is 837 g/mol. The van der Waals surface area contributed by atoms with E-state index in [2.05, 4.69) is 15.5 Å². The highest BCUT2D eigenvalue weighted by molar-refractivity contribution is 7.17. The van der Waals surface area contributed by atoms with Gasteiger partial charge in [0, 0.05) is 68.5 Å². The summed E-state index contributed by atoms with van der Waals surface area (Å²) in [4.78, 5) is 69.4. The number of aryl methyl sites for hydroxylation is 3. The maximum absolute atomic E-state index is 14.0. The standard InChI is InChI=1S/C47H56N4O8S/c1-4-59-42(53)23-22-41(52)50(2)26-27-51(38-24-28-58-29-25-38)31-34-8-7-9-36(30-34)44(54)49-46-43(39-10-5-6-11-40(39)60-46)45(55)48-37-20-16-33(17-21-37)13-12-32-14-18-35(19-15-32)47(56)57-3/h7-9,14-21,30,38H,4-6,10-13,22-29,31H2,1-3H3,(H,48,55)(H,49,54). The molecule has 0 atom stereocenters. The quantitative estimate of drug-likeness (QED) is 0.0976. The van der Waals surface area contributed by atoms with Crippen molar-refractivity contribution in [3.8, 4) is 0 Å². The molecule has 0 unspecified atom stereocenters. The van der Waals surface area contributed by atoms with E-state index in [0.717, 1.165) is 78.5 Å². The number of benzene rings is 3. The zero-order chi connectivity index (χ0) is 42.4. The second-order valence-corrected chi connectivity index (χ2v) is 16.4. The van der Waals surface area contributed by atoms with Crippen molar-refractivity contribution in [3.63, 3.8) is 0 Å². The van der Waals surface area contributed by atoms with Gasteiger partial charge < -0.3 is 29.7 Å². The number of hydrogen-bond donors (Lipinski definition) is 2. The van der Waals surface area contributed by atoms with Crippen LogP contribution in [0.25, 0.3) is 0 Å². The van der Waals surface area contributed by atoms with Crippen LogP contribution in [0.4, 0.5) is 10.7 Å². The lowest BCUT2D eigenvalue weighted by Crippen LogP contribution is -2.43. The number of likely N-dealkylation sites (N-methyl/N-ethyl adjacent to an activating group) is 1. The SMILES string of the molecule is CCOC(=O)CCC(=O)N(C)CCN(Cc1cccc(C(=O)Nc2sc3c(c2C(=O)Nc2ccc(CCc4ccc(C(=O)OC)cc4)cc2)CCCC3)c1)C1CCOCC1. The number of amides is 3. The average Bonchev–Trinajstić information content (AvgIpc) is 3.64. The highest BCUT2D eigenvalue weighted by atomic mass is 32.1. The first-order chi connectivity index (χ1) is 29.1. The summed E-state index contributed by atoms with van der Waals surface area (Å²) < 4.78 is 15.4. The molecule has 1 fully saturated rings. The molecule has 2 N–H and O–H groups in total. The van der Waals surface area contributed by atoms with Crippen molar-refractivity contribution in [2.75, 3.05) is 57.7 Å². The lowest BCUT2D eigenvalue weighted by molar-refractivity contribution is -0.145. The highest BCUT2D eigenvalue weighted by Crippen LogP contribution is 2.39. The van der Waals surface area contributed by atoms with Gasteiger partial charge in [-0.2, -0.15) is 0 Å². The number of anilines is 2. The lowest BCUT2D eigenvalue weighted by atomic mass is 9.95. The van der Waals surface area contributed by atoms with Crippen molar-refractivity contribution in [3.05, 3.63) is 117 Å². The molecule has 13 heteroatoms. The Morgan fingerprint density at radius 2 is 1.50 bits per heavy atom. The van der Waals surface area contributed by atoms with Crippen molar-refractivity contribution < 1.29 is 38.2 Å². The smallest absolute Gasteiger partial charge is 0.337 e. The maximum atomic E-state index is 14.0. The van der Waals surface area contributed by atoms with Crippen LogP contribution in [-0.2, 0) is 56.0 Å². The van der Waals surface area contributed by atoms with E-state index in [4.69, 9.17) is 14.2 Å². The monoisotopic (exact) mass is 836 g/mol. The molecule has 60 heavy (non-hydrogen) atoms. The van der Waals surface area contributed by atoms with Gasteiger partial charge in [-0.05, 0) is 117 Å². The molecule has 1 aliphatic carbocycles. The van der Waals surface area contributed by atoms with Crippen LogP contribution in [0.3, 0.4) is 0 Å². The van der Waals surface area contributed by atoms with E-state index >= 15 is 0 Å². The molecule has 12 nitrogen and oxygen atoms in total. The lowest BCUT2D eigenvalue weighted by Gasteiger charge is -2.35. The van der Waals surface area contributed by atoms with Gasteiger partial charge in [0.2, 0.25) is 5.91 Å². The van der Waals surface area contributed by atoms with Crippen LogP contribution in [0, 0.1) is 0 Å². The minimum absolute atomic E-state index is 0.0597. The molecular formula is C47H56N4O8S. The Labute approximate surface area is 356 Å². The third-order valence-corrected chi connectivity index (χ3v) is 12.4. The number of fused-ring (bicyclic) bond motifs is 1. The normalized spacial score (nSPS) is 13.9. The summed E-state index contributed by atoms with van der Waals surface area (Å²) in [6, 6.07) is 23.1. The molecule has 0 bridgehead atoms. The number of hydrogen-bond acceptors (Lipinski definition) is 10. The van der Waals surface area contributed by atoms with Crippen LogP contribution in [0.1, 0.15) is 104 Å². The predicted molar refractivity (Wildman–Crippen MR) is 233 cm³/mol. The van der Waals surface area contributed by atoms with E-state index in [1.807, 2.05) is 54.6 Å². The molecule has 4 aromatic rings. The minimum Gasteiger partial charge on any atom is -0.466 e. The number of esters is 2. The number of carbonyl (C=O) groups excluding carboxylic acids is 5. The Morgan fingerprint density at radius 1 is 0.800 bits per heavy atom. The first kappa shape index (κ1) is 44.2. The number of thiophene rings is 1. The minimum atomic E-state index is -0.372. The van der Waals surface area contributed by atoms with Crippen LogP contribution in [0.2, 0.25) is 0 Å². The van der Waals surface area contributed by atoms with Gasteiger partial charge in [0.1, 0.15) is 5.00 Å². The van der Waals surface area contributed by atoms with E-state index in [-0.39, 0.29) is 55.2 Å². The molecule has 1 aliphatic heterocycles. The molecule has 0 saturated carbocycles. The molecule has 2 heterocycles. The molecule has 2 aliphatic rings. The number of rotatable bonds is 18. The van der Waals surface area contributed by atoms with Crippen molar-refractivity contribution in [2.24, 2.45) is 0 Å². The van der Waals surface area contributed by atoms with Crippen LogP contribution in [0.15, 0.2) is 72.8 Å². The Hall–Kier alpha value is -5.37. The zero-order valence-electron chi connectivity index (χ0n) is 34.9. The molecule has 1 aromatic heterocycles. The summed E-state index contributed by atoms with van der Waals surface area (Å²) in [5.41, 5.74) is 6.44. The molecule has 3 amide bonds. The van der Waals surface area contributed by atoms with Crippen LogP contribution >= 0.6 is 11.3 Å². The fourth-order valence-electron chi connectivity index (χ4n) is 7.75. The number of nitrogens with zero attached hydrogens (tertiary/aromatic N) is 2. The van der Waals surface area contributed by atoms with Gasteiger partial charge in [-0.3, -0.25) is 24.1 Å². The van der Waals surface area contributed by atoms with Gasteiger partial charge in [-0.25, -0.2) is 4.79 Å². The predicted octanol–water partition coefficient (Wildman–Crippen LogP) is 7.49. The van der Waals surface area contributed by atoms with Gasteiger partial charge in [0.15, 0.2) is 0 Å². The number of carbonyl (C=O) groups is 5. The number of nitrogens with one attached hydrogen (secondary N) is 2. The van der Waals surface area contributed by atoms with Crippen molar-refractivity contribution in [1.82, 2.24) is 9.80 Å². The molecular weight excluding hydrogens is 781 g/mol. The third kappa shape index (κ3) is 12.1. The van der Waals surface area contributed by atoms with Gasteiger partial charge >= 0.3 is 11.9 Å². The Morgan fingerprint density at radius 3 is 2.20 bits per heavy atom. The van der Waals surface area contributed by atoms with Crippen LogP contribution < -0.4 is 10.6 Å². The molecule has 0 radical (unpaired) electrons. The van der Waals surface area contributed by atoms with Crippen LogP contribution in [0.5, 0.6) is 0 Å². The molecule has 3 aromatic carbocycles. The zero-order valence-corrected chi connectivity index (χ0v) is 35.7. The molecule has 0 spiro atoms. The summed E-state index contributed by atoms with van der Waals surface area (Å²) in [7, 11) is 3.13. The van der Waals surface area contributed by atoms with Gasteiger partial charge in [0.25, 0.3) is 11.8 Å². The molecule has 6 rings (SSSR count). The highest BCUT2D eigenvalue weighted by Gasteiger charge is 2.28. The second kappa shape index (κ2) is 21.8. The van der Waals surface area contributed by atoms with Crippen molar-refractivity contribution in [1.29, 1.82) is 0 Å². The van der Waals surface area contributed by atoms with Crippen molar-refractivity contribution in [2.45, 2.75) is 83.7 Å². The topological polar surface area (TPSA) is 144 Å². The van der Waals surface area contributed by atoms with E-state index in [0.29, 0.717) is 60.2 Å². The first-order valence-electron chi connectivity index (χ1n) is 21.0. The Kier molecular flexibility index (Phi) is 16.0. The van der Waals surface area contributed by atoms with Gasteiger partial charge in [-0.1, -0.05) is 36.4 Å². The summed E-state index contributed by atoms with van der Waals surface area (Å²) in [6.45, 7) is 5.07. The molecule has 318 valence electrons. The third-order valence-electron chi connectivity index (χ3n) is 11.2. The van der Waals surface area contributed by atoms with E-state index < -0.39 is 0 Å². The Balaban J connectivity index is 1.09. The number of methoxy groups -OCH3 is 1. The van der Waals surface area contributed by atoms with E-state index in [9.17, 15) is 24.0 Å². The maximum Gasteiger partial charge on any atom is 0.337 e. The van der Waals surface area contributed by atoms with Crippen LogP contribution in [-0.4, -0.2) is 92.6 Å². The van der Waals surface area contributed by atoms with Gasteiger partial charge in [0.05, 0.1) is 31.3 Å². The van der Waals surface area contributed by atoms with Crippen molar-refractivity contribution >= 4 is 51.7 Å². The largest absolute Gasteiger partial charge is 0.466 e. The Bertz CT molecular complexity index is 2110. The fraction of sp³-hybridized carbons (Fsp3) is 0.426. The first-order valence-corrected chi connectivity index (χ1v) is 21.8. The molecule has 1 saturated heterocycles. The summed E-state index contributed by atoms with van der Waals surface area (Å²) in [5, 5.41) is 6.76. The van der Waals surface area contributed by atoms with Gasteiger partial charge in [-0.15, -0.1) is 11.3 Å². The van der Waals surface area contributed by atoms with E-state index in [1.165, 1.54) is 18.4 Å². The van der Waals surface area contributed by atoms with E-state index in [1.54, 1.807) is 37.1 Å². The summed E-state index contributed by atoms with van der Waals surface area (Å²) in [5.74, 6) is -1.36. The fourth-order valence-corrected chi connectivity index (χ4v) is 9.04. The summed E-state index contributed by atoms with van der Waals surface area (Å²) in [6.07, 6.45) is 7.19.